The second kappa shape index (κ2) is 6.26. The molecule has 0 saturated heterocycles. The lowest BCUT2D eigenvalue weighted by Crippen LogP contribution is -2.36. The number of hydrogen-bond donors (Lipinski definition) is 0. The summed E-state index contributed by atoms with van der Waals surface area (Å²) in [5.41, 5.74) is 5.73. The third kappa shape index (κ3) is 2.83. The lowest BCUT2D eigenvalue weighted by molar-refractivity contribution is -0.0207. The first kappa shape index (κ1) is 15.3. The molecule has 0 fully saturated rings. The fraction of sp³-hybridized carbons (Fsp3) is 0.429. The maximum atomic E-state index is 6.17. The van der Waals surface area contributed by atoms with Crippen molar-refractivity contribution in [2.75, 3.05) is 6.61 Å². The Labute approximate surface area is 134 Å². The van der Waals surface area contributed by atoms with E-state index in [1.165, 1.54) is 36.8 Å². The van der Waals surface area contributed by atoms with E-state index in [1.807, 2.05) is 6.08 Å². The Kier molecular flexibility index (Phi) is 4.35. The molecule has 1 atom stereocenters. The zero-order valence-electron chi connectivity index (χ0n) is 13.8. The summed E-state index contributed by atoms with van der Waals surface area (Å²) in [5.74, 6) is 0.366. The molecule has 0 radical (unpaired) electrons. The van der Waals surface area contributed by atoms with Gasteiger partial charge in [0.25, 0.3) is 0 Å². The summed E-state index contributed by atoms with van der Waals surface area (Å²) in [4.78, 5) is 0. The van der Waals surface area contributed by atoms with Gasteiger partial charge in [0.1, 0.15) is 0 Å². The van der Waals surface area contributed by atoms with Crippen molar-refractivity contribution in [1.82, 2.24) is 0 Å². The predicted molar refractivity (Wildman–Crippen MR) is 93.6 cm³/mol. The van der Waals surface area contributed by atoms with Gasteiger partial charge in [-0.3, -0.25) is 0 Å². The summed E-state index contributed by atoms with van der Waals surface area (Å²) in [7, 11) is 0. The van der Waals surface area contributed by atoms with Crippen molar-refractivity contribution in [2.24, 2.45) is 5.92 Å². The fourth-order valence-corrected chi connectivity index (χ4v) is 3.94. The van der Waals surface area contributed by atoms with E-state index in [9.17, 15) is 0 Å². The van der Waals surface area contributed by atoms with E-state index in [0.29, 0.717) is 12.5 Å². The van der Waals surface area contributed by atoms with Crippen LogP contribution in [0.25, 0.3) is 5.57 Å². The molecular formula is C21H26O. The van der Waals surface area contributed by atoms with Crippen molar-refractivity contribution >= 4 is 5.57 Å². The average molecular weight is 294 g/mol. The number of rotatable bonds is 5. The number of ether oxygens (including phenoxy) is 1. The Bertz CT molecular complexity index is 604. The molecule has 0 bridgehead atoms. The summed E-state index contributed by atoms with van der Waals surface area (Å²) < 4.78 is 6.17. The zero-order chi connectivity index (χ0) is 15.6. The molecule has 1 nitrogen and oxygen atoms in total. The van der Waals surface area contributed by atoms with E-state index in [1.54, 1.807) is 11.1 Å². The van der Waals surface area contributed by atoms with Crippen molar-refractivity contribution in [1.29, 1.82) is 0 Å². The first-order valence-electron chi connectivity index (χ1n) is 8.37. The van der Waals surface area contributed by atoms with Gasteiger partial charge in [-0.15, -0.1) is 6.58 Å². The lowest BCUT2D eigenvalue weighted by atomic mass is 9.76. The van der Waals surface area contributed by atoms with Crippen LogP contribution in [-0.4, -0.2) is 12.2 Å². The van der Waals surface area contributed by atoms with Crippen molar-refractivity contribution in [3.05, 3.63) is 65.8 Å². The third-order valence-electron chi connectivity index (χ3n) is 4.92. The quantitative estimate of drug-likeness (QED) is 0.647. The molecule has 0 saturated carbocycles. The maximum Gasteiger partial charge on any atom is 0.0736 e. The minimum Gasteiger partial charge on any atom is -0.371 e. The molecule has 22 heavy (non-hydrogen) atoms. The lowest BCUT2D eigenvalue weighted by Gasteiger charge is -2.36. The first-order valence-corrected chi connectivity index (χ1v) is 8.37. The standard InChI is InChI=1S/C21H26O/c1-4-14-22-21(2,3)20-18-13-9-8-12-17(18)15-19(20)16-10-6-5-7-11-16/h4-7,10-11,15,20H,1,8-9,12-14H2,2-3H3/t20-/m0/s1. The van der Waals surface area contributed by atoms with Crippen LogP contribution in [0.15, 0.2) is 60.2 Å². The van der Waals surface area contributed by atoms with E-state index in [4.69, 9.17) is 4.74 Å². The zero-order valence-corrected chi connectivity index (χ0v) is 13.8. The Hall–Kier alpha value is -1.60. The number of hydrogen-bond acceptors (Lipinski definition) is 1. The second-order valence-electron chi connectivity index (χ2n) is 6.86. The highest BCUT2D eigenvalue weighted by atomic mass is 16.5. The molecule has 0 N–H and O–H groups in total. The highest BCUT2D eigenvalue weighted by molar-refractivity contribution is 5.78. The number of benzene rings is 1. The van der Waals surface area contributed by atoms with Crippen LogP contribution >= 0.6 is 0 Å². The molecule has 2 aliphatic carbocycles. The summed E-state index contributed by atoms with van der Waals surface area (Å²) in [6.07, 6.45) is 9.35. The Balaban J connectivity index is 2.00. The second-order valence-corrected chi connectivity index (χ2v) is 6.86. The normalized spacial score (nSPS) is 21.5. The largest absolute Gasteiger partial charge is 0.371 e. The van der Waals surface area contributed by atoms with Gasteiger partial charge in [0.15, 0.2) is 0 Å². The SMILES string of the molecule is C=CCOC(C)(C)[C@@H]1C(c2ccccc2)=CC2=C1CCCC2. The molecule has 0 aliphatic heterocycles. The van der Waals surface area contributed by atoms with Crippen molar-refractivity contribution in [3.63, 3.8) is 0 Å². The van der Waals surface area contributed by atoms with Crippen LogP contribution in [-0.2, 0) is 4.74 Å². The highest BCUT2D eigenvalue weighted by Gasteiger charge is 2.40. The van der Waals surface area contributed by atoms with Gasteiger partial charge in [0.2, 0.25) is 0 Å². The van der Waals surface area contributed by atoms with Gasteiger partial charge in [-0.1, -0.05) is 48.1 Å². The van der Waals surface area contributed by atoms with Gasteiger partial charge in [0, 0.05) is 5.92 Å². The van der Waals surface area contributed by atoms with Gasteiger partial charge < -0.3 is 4.74 Å². The minimum absolute atomic E-state index is 0.204. The molecule has 1 aromatic rings. The average Bonchev–Trinajstić information content (AvgIpc) is 2.94. The van der Waals surface area contributed by atoms with Crippen LogP contribution in [0.2, 0.25) is 0 Å². The number of allylic oxidation sites excluding steroid dienone is 2. The highest BCUT2D eigenvalue weighted by Crippen LogP contribution is 2.49. The van der Waals surface area contributed by atoms with Crippen LogP contribution in [0.5, 0.6) is 0 Å². The van der Waals surface area contributed by atoms with E-state index in [2.05, 4.69) is 56.8 Å². The molecule has 0 spiro atoms. The molecule has 1 heteroatoms. The van der Waals surface area contributed by atoms with Crippen LogP contribution < -0.4 is 0 Å². The van der Waals surface area contributed by atoms with Crippen LogP contribution in [0.1, 0.15) is 45.1 Å². The molecule has 2 aliphatic rings. The summed E-state index contributed by atoms with van der Waals surface area (Å²) in [5, 5.41) is 0. The van der Waals surface area contributed by atoms with Gasteiger partial charge in [0.05, 0.1) is 12.2 Å². The van der Waals surface area contributed by atoms with Crippen molar-refractivity contribution in [2.45, 2.75) is 45.1 Å². The maximum absolute atomic E-state index is 6.17. The molecule has 1 aromatic carbocycles. The monoisotopic (exact) mass is 294 g/mol. The van der Waals surface area contributed by atoms with Crippen LogP contribution in [0, 0.1) is 5.92 Å². The van der Waals surface area contributed by atoms with Gasteiger partial charge in [-0.05, 0) is 56.2 Å². The van der Waals surface area contributed by atoms with E-state index >= 15 is 0 Å². The summed E-state index contributed by atoms with van der Waals surface area (Å²) in [6.45, 7) is 8.85. The molecule has 0 amide bonds. The van der Waals surface area contributed by atoms with Crippen molar-refractivity contribution in [3.8, 4) is 0 Å². The Morgan fingerprint density at radius 2 is 1.91 bits per heavy atom. The molecule has 0 aromatic heterocycles. The first-order chi connectivity index (χ1) is 10.6. The van der Waals surface area contributed by atoms with Gasteiger partial charge in [-0.2, -0.15) is 0 Å². The van der Waals surface area contributed by atoms with Crippen LogP contribution in [0.3, 0.4) is 0 Å². The fourth-order valence-electron chi connectivity index (χ4n) is 3.94. The van der Waals surface area contributed by atoms with Gasteiger partial charge in [-0.25, -0.2) is 0 Å². The molecular weight excluding hydrogens is 268 g/mol. The molecule has 0 unspecified atom stereocenters. The smallest absolute Gasteiger partial charge is 0.0736 e. The topological polar surface area (TPSA) is 9.23 Å². The molecule has 0 heterocycles. The van der Waals surface area contributed by atoms with Crippen molar-refractivity contribution < 1.29 is 4.74 Å². The van der Waals surface area contributed by atoms with Crippen LogP contribution in [0.4, 0.5) is 0 Å². The molecule has 3 rings (SSSR count). The molecule has 116 valence electrons. The summed E-state index contributed by atoms with van der Waals surface area (Å²) in [6, 6.07) is 10.8. The van der Waals surface area contributed by atoms with E-state index in [-0.39, 0.29) is 5.60 Å². The van der Waals surface area contributed by atoms with E-state index in [0.717, 1.165) is 0 Å². The predicted octanol–water partition coefficient (Wildman–Crippen LogP) is 5.55. The van der Waals surface area contributed by atoms with Gasteiger partial charge >= 0.3 is 0 Å². The summed E-state index contributed by atoms with van der Waals surface area (Å²) >= 11 is 0. The minimum atomic E-state index is -0.204. The third-order valence-corrected chi connectivity index (χ3v) is 4.92. The Morgan fingerprint density at radius 3 is 2.64 bits per heavy atom. The Morgan fingerprint density at radius 1 is 1.18 bits per heavy atom. The van der Waals surface area contributed by atoms with E-state index < -0.39 is 0 Å².